The van der Waals surface area contributed by atoms with Crippen LogP contribution in [0.1, 0.15) is 42.5 Å². The number of aryl methyl sites for hydroxylation is 3. The van der Waals surface area contributed by atoms with Crippen molar-refractivity contribution in [1.82, 2.24) is 23.0 Å². The molecule has 1 aromatic carbocycles. The van der Waals surface area contributed by atoms with Gasteiger partial charge in [0.05, 0.1) is 22.3 Å². The molecule has 0 unspecified atom stereocenters. The number of fused-ring (bicyclic) bond motifs is 1. The van der Waals surface area contributed by atoms with Gasteiger partial charge in [-0.3, -0.25) is 0 Å². The highest BCUT2D eigenvalue weighted by Crippen LogP contribution is 2.26. The van der Waals surface area contributed by atoms with Crippen molar-refractivity contribution in [2.24, 2.45) is 5.92 Å². The van der Waals surface area contributed by atoms with Gasteiger partial charge in [0.25, 0.3) is 0 Å². The van der Waals surface area contributed by atoms with Gasteiger partial charge >= 0.3 is 0 Å². The fourth-order valence-electron chi connectivity index (χ4n) is 4.16. The van der Waals surface area contributed by atoms with Crippen LogP contribution in [0.15, 0.2) is 18.3 Å². The molecule has 154 valence electrons. The first-order valence-corrected chi connectivity index (χ1v) is 11.4. The number of hydrogen-bond donors (Lipinski definition) is 2. The highest BCUT2D eigenvalue weighted by atomic mass is 127. The molecule has 1 fully saturated rings. The number of aromatic nitrogens is 4. The van der Waals surface area contributed by atoms with Gasteiger partial charge in [-0.2, -0.15) is 0 Å². The first-order chi connectivity index (χ1) is 14.0. The smallest absolute Gasteiger partial charge is 0.222 e. The second-order valence-corrected chi connectivity index (χ2v) is 9.54. The number of nitrogens with zero attached hydrogens (tertiary/aromatic N) is 4. The van der Waals surface area contributed by atoms with E-state index in [1.54, 1.807) is 0 Å². The lowest BCUT2D eigenvalue weighted by Crippen LogP contribution is -2.26. The number of hydrogen-bond acceptors (Lipinski definition) is 5. The van der Waals surface area contributed by atoms with Gasteiger partial charge in [0.2, 0.25) is 5.95 Å². The van der Waals surface area contributed by atoms with E-state index in [2.05, 4.69) is 72.2 Å². The molecule has 1 aliphatic heterocycles. The summed E-state index contributed by atoms with van der Waals surface area (Å²) in [5.74, 6) is 2.41. The third kappa shape index (κ3) is 4.88. The van der Waals surface area contributed by atoms with E-state index in [0.29, 0.717) is 5.95 Å². The molecule has 3 heterocycles. The molecule has 6 nitrogen and oxygen atoms in total. The molecule has 0 atom stereocenters. The van der Waals surface area contributed by atoms with Crippen LogP contribution in [-0.2, 0) is 0 Å². The fraction of sp³-hybridized carbons (Fsp3) is 0.500. The number of halogens is 1. The van der Waals surface area contributed by atoms with Crippen molar-refractivity contribution in [3.63, 3.8) is 0 Å². The lowest BCUT2D eigenvalue weighted by Gasteiger charge is -2.27. The lowest BCUT2D eigenvalue weighted by molar-refractivity contribution is 0.292. The largest absolute Gasteiger partial charge is 0.354 e. The van der Waals surface area contributed by atoms with Crippen LogP contribution in [0.25, 0.3) is 22.4 Å². The summed E-state index contributed by atoms with van der Waals surface area (Å²) in [4.78, 5) is 17.4. The Balaban J connectivity index is 1.37. The Bertz CT molecular complexity index is 990. The highest BCUT2D eigenvalue weighted by molar-refractivity contribution is 14.1. The predicted octanol–water partition coefficient (Wildman–Crippen LogP) is 5.20. The fourth-order valence-corrected chi connectivity index (χ4v) is 4.72. The minimum atomic E-state index is 0.705. The normalized spacial score (nSPS) is 15.9. The number of anilines is 1. The van der Waals surface area contributed by atoms with Crippen molar-refractivity contribution in [2.75, 3.05) is 25.0 Å². The van der Waals surface area contributed by atoms with Gasteiger partial charge in [-0.25, -0.2) is 18.1 Å². The number of benzene rings is 1. The van der Waals surface area contributed by atoms with Gasteiger partial charge < -0.3 is 10.3 Å². The van der Waals surface area contributed by atoms with Crippen molar-refractivity contribution in [3.8, 4) is 11.4 Å². The average molecular weight is 504 g/mol. The Morgan fingerprint density at radius 3 is 2.72 bits per heavy atom. The van der Waals surface area contributed by atoms with E-state index in [9.17, 15) is 0 Å². The van der Waals surface area contributed by atoms with E-state index in [1.807, 2.05) is 13.1 Å². The van der Waals surface area contributed by atoms with Gasteiger partial charge in [-0.05, 0) is 69.6 Å². The Morgan fingerprint density at radius 2 is 1.97 bits per heavy atom. The predicted molar refractivity (Wildman–Crippen MR) is 127 cm³/mol. The molecule has 2 aromatic heterocycles. The van der Waals surface area contributed by atoms with Crippen molar-refractivity contribution in [3.05, 3.63) is 35.2 Å². The zero-order chi connectivity index (χ0) is 20.4. The summed E-state index contributed by atoms with van der Waals surface area (Å²) >= 11 is 2.43. The van der Waals surface area contributed by atoms with E-state index in [1.165, 1.54) is 43.5 Å². The van der Waals surface area contributed by atoms with E-state index in [-0.39, 0.29) is 0 Å². The number of imidazole rings is 1. The summed E-state index contributed by atoms with van der Waals surface area (Å²) in [6.07, 6.45) is 6.97. The third-order valence-electron chi connectivity index (χ3n) is 5.79. The first kappa shape index (κ1) is 20.5. The number of nitrogens with one attached hydrogen (secondary N) is 2. The topological polar surface area (TPSA) is 69.7 Å². The monoisotopic (exact) mass is 504 g/mol. The van der Waals surface area contributed by atoms with Crippen LogP contribution in [0, 0.1) is 26.7 Å². The molecular formula is C22H29IN6. The molecule has 7 heteroatoms. The number of rotatable bonds is 6. The average Bonchev–Trinajstić information content (AvgIpc) is 3.11. The molecule has 0 radical (unpaired) electrons. The van der Waals surface area contributed by atoms with Crippen LogP contribution < -0.4 is 5.32 Å². The van der Waals surface area contributed by atoms with Crippen molar-refractivity contribution in [1.29, 1.82) is 0 Å². The Hall–Kier alpha value is -1.74. The third-order valence-corrected chi connectivity index (χ3v) is 6.75. The van der Waals surface area contributed by atoms with Crippen LogP contribution in [0.4, 0.5) is 5.95 Å². The van der Waals surface area contributed by atoms with Crippen LogP contribution >= 0.6 is 22.9 Å². The summed E-state index contributed by atoms with van der Waals surface area (Å²) in [6.45, 7) is 9.60. The van der Waals surface area contributed by atoms with Crippen LogP contribution in [0.3, 0.4) is 0 Å². The Morgan fingerprint density at radius 1 is 1.17 bits per heavy atom. The first-order valence-electron chi connectivity index (χ1n) is 10.4. The molecule has 29 heavy (non-hydrogen) atoms. The van der Waals surface area contributed by atoms with Crippen molar-refractivity contribution >= 4 is 39.8 Å². The molecule has 1 saturated heterocycles. The van der Waals surface area contributed by atoms with Gasteiger partial charge in [-0.1, -0.05) is 6.07 Å². The van der Waals surface area contributed by atoms with Gasteiger partial charge in [0.1, 0.15) is 5.82 Å². The van der Waals surface area contributed by atoms with Crippen molar-refractivity contribution < 1.29 is 0 Å². The van der Waals surface area contributed by atoms with E-state index < -0.39 is 0 Å². The molecule has 0 aliphatic carbocycles. The summed E-state index contributed by atoms with van der Waals surface area (Å²) in [7, 11) is 0. The minimum absolute atomic E-state index is 0.705. The van der Waals surface area contributed by atoms with E-state index in [4.69, 9.17) is 4.98 Å². The SMILES string of the molecule is Cc1cc(C)c2nc(-c3cnc(NCCCC4CCN(I)CC4)nc3C)[nH]c2c1. The molecule has 0 amide bonds. The molecule has 3 aromatic rings. The summed E-state index contributed by atoms with van der Waals surface area (Å²) < 4.78 is 2.40. The number of aromatic amines is 1. The summed E-state index contributed by atoms with van der Waals surface area (Å²) in [6, 6.07) is 4.30. The lowest BCUT2D eigenvalue weighted by atomic mass is 9.93. The second kappa shape index (κ2) is 8.95. The molecular weight excluding hydrogens is 475 g/mol. The molecule has 2 N–H and O–H groups in total. The van der Waals surface area contributed by atoms with Crippen molar-refractivity contribution in [2.45, 2.75) is 46.5 Å². The maximum atomic E-state index is 4.79. The molecule has 0 bridgehead atoms. The van der Waals surface area contributed by atoms with E-state index in [0.717, 1.165) is 47.0 Å². The zero-order valence-corrected chi connectivity index (χ0v) is 19.6. The van der Waals surface area contributed by atoms with Crippen LogP contribution in [0.2, 0.25) is 0 Å². The molecule has 0 saturated carbocycles. The van der Waals surface area contributed by atoms with Gasteiger partial charge in [-0.15, -0.1) is 0 Å². The van der Waals surface area contributed by atoms with Crippen LogP contribution in [0.5, 0.6) is 0 Å². The molecule has 0 spiro atoms. The number of piperidine rings is 1. The van der Waals surface area contributed by atoms with E-state index >= 15 is 0 Å². The standard InChI is InChI=1S/C22H29IN6/c1-14-11-15(2)20-19(12-14)27-21(28-20)18-13-25-22(26-16(18)3)24-8-4-5-17-6-9-29(23)10-7-17/h11-13,17H,4-10H2,1-3H3,(H,27,28)(H,24,25,26). The van der Waals surface area contributed by atoms with Gasteiger partial charge in [0, 0.05) is 48.7 Å². The van der Waals surface area contributed by atoms with Crippen LogP contribution in [-0.4, -0.2) is 42.7 Å². The Kier molecular flexibility index (Phi) is 6.34. The molecule has 1 aliphatic rings. The molecule has 4 rings (SSSR count). The number of H-pyrrole nitrogens is 1. The maximum Gasteiger partial charge on any atom is 0.222 e. The second-order valence-electron chi connectivity index (χ2n) is 8.18. The summed E-state index contributed by atoms with van der Waals surface area (Å²) in [5.41, 5.74) is 6.38. The minimum Gasteiger partial charge on any atom is -0.354 e. The quantitative estimate of drug-likeness (QED) is 0.275. The van der Waals surface area contributed by atoms with Gasteiger partial charge in [0.15, 0.2) is 0 Å². The maximum absolute atomic E-state index is 4.79. The highest BCUT2D eigenvalue weighted by Gasteiger charge is 2.17. The Labute approximate surface area is 186 Å². The summed E-state index contributed by atoms with van der Waals surface area (Å²) in [5, 5.41) is 3.39. The zero-order valence-electron chi connectivity index (χ0n) is 17.4.